The van der Waals surface area contributed by atoms with Crippen LogP contribution in [0.15, 0.2) is 59.5 Å². The van der Waals surface area contributed by atoms with E-state index in [2.05, 4.69) is 35.2 Å². The highest BCUT2D eigenvalue weighted by Gasteiger charge is 2.19. The van der Waals surface area contributed by atoms with Crippen molar-refractivity contribution < 1.29 is 13.9 Å². The maximum atomic E-state index is 13.4. The second-order valence-corrected chi connectivity index (χ2v) is 8.39. The Bertz CT molecular complexity index is 1190. The van der Waals surface area contributed by atoms with E-state index in [1.54, 1.807) is 19.2 Å². The molecule has 0 saturated heterocycles. The summed E-state index contributed by atoms with van der Waals surface area (Å²) in [5.74, 6) is 1.95. The van der Waals surface area contributed by atoms with Gasteiger partial charge in [0.2, 0.25) is 5.90 Å². The molecule has 7 heteroatoms. The van der Waals surface area contributed by atoms with Crippen LogP contribution < -0.4 is 10.1 Å². The summed E-state index contributed by atoms with van der Waals surface area (Å²) in [4.78, 5) is 13.7. The van der Waals surface area contributed by atoms with Gasteiger partial charge in [0.05, 0.1) is 13.7 Å². The number of ether oxygens (including phenoxy) is 2. The monoisotopic (exact) mass is 448 g/mol. The highest BCUT2D eigenvalue weighted by Crippen LogP contribution is 2.34. The fourth-order valence-corrected chi connectivity index (χ4v) is 3.78. The molecule has 1 aromatic heterocycles. The van der Waals surface area contributed by atoms with Gasteiger partial charge in [0.1, 0.15) is 35.3 Å². The van der Waals surface area contributed by atoms with Crippen molar-refractivity contribution in [2.75, 3.05) is 19.0 Å². The molecule has 0 spiro atoms. The molecule has 33 heavy (non-hydrogen) atoms. The third-order valence-corrected chi connectivity index (χ3v) is 5.61. The molecule has 2 aromatic carbocycles. The number of aliphatic imine (C=N–C) groups is 1. The summed E-state index contributed by atoms with van der Waals surface area (Å²) in [5, 5.41) is 4.25. The Labute approximate surface area is 193 Å². The van der Waals surface area contributed by atoms with Gasteiger partial charge < -0.3 is 14.8 Å². The average molecular weight is 449 g/mol. The van der Waals surface area contributed by atoms with Crippen molar-refractivity contribution in [1.29, 1.82) is 0 Å². The minimum atomic E-state index is -0.277. The number of benzene rings is 2. The van der Waals surface area contributed by atoms with Gasteiger partial charge in [-0.1, -0.05) is 32.1 Å². The molecule has 0 radical (unpaired) electrons. The number of rotatable bonds is 6. The van der Waals surface area contributed by atoms with Crippen LogP contribution in [0, 0.1) is 11.7 Å². The summed E-state index contributed by atoms with van der Waals surface area (Å²) in [6, 6.07) is 10.1. The second-order valence-electron chi connectivity index (χ2n) is 8.39. The Morgan fingerprint density at radius 1 is 1.06 bits per heavy atom. The van der Waals surface area contributed by atoms with Crippen LogP contribution in [-0.2, 0) is 4.74 Å². The maximum Gasteiger partial charge on any atom is 0.211 e. The van der Waals surface area contributed by atoms with Gasteiger partial charge in [-0.2, -0.15) is 0 Å². The molecule has 0 fully saturated rings. The first-order valence-corrected chi connectivity index (χ1v) is 11.2. The third kappa shape index (κ3) is 5.13. The first-order chi connectivity index (χ1) is 16.0. The van der Waals surface area contributed by atoms with Crippen LogP contribution in [-0.4, -0.2) is 35.6 Å². The van der Waals surface area contributed by atoms with E-state index in [4.69, 9.17) is 14.5 Å². The largest absolute Gasteiger partial charge is 0.494 e. The van der Waals surface area contributed by atoms with Crippen molar-refractivity contribution >= 4 is 22.6 Å². The van der Waals surface area contributed by atoms with Crippen molar-refractivity contribution in [2.45, 2.75) is 39.7 Å². The zero-order chi connectivity index (χ0) is 23.4. The number of nitrogens with zero attached hydrogens (tertiary/aromatic N) is 3. The van der Waals surface area contributed by atoms with E-state index in [-0.39, 0.29) is 11.9 Å². The van der Waals surface area contributed by atoms with Gasteiger partial charge in [0, 0.05) is 11.1 Å². The smallest absolute Gasteiger partial charge is 0.211 e. The van der Waals surface area contributed by atoms with Gasteiger partial charge >= 0.3 is 0 Å². The van der Waals surface area contributed by atoms with Crippen molar-refractivity contribution in [3.63, 3.8) is 0 Å². The molecule has 0 amide bonds. The normalized spacial score (nSPS) is 18.4. The quantitative estimate of drug-likeness (QED) is 0.501. The molecule has 6 nitrogen and oxygen atoms in total. The van der Waals surface area contributed by atoms with E-state index in [0.717, 1.165) is 35.1 Å². The topological polar surface area (TPSA) is 68.6 Å². The lowest BCUT2D eigenvalue weighted by Gasteiger charge is -2.21. The van der Waals surface area contributed by atoms with Crippen LogP contribution in [0.3, 0.4) is 0 Å². The first kappa shape index (κ1) is 22.7. The molecular weight excluding hydrogens is 419 g/mol. The molecule has 0 bridgehead atoms. The molecule has 0 saturated carbocycles. The SMILES string of the molecule is COc1cc(-c2ccc(F)cc2)cc2c(NC(C)/C3=N/C(C(C)C)=C/CCCO3)ncnc12. The number of aromatic nitrogens is 2. The predicted molar refractivity (Wildman–Crippen MR) is 130 cm³/mol. The minimum Gasteiger partial charge on any atom is -0.494 e. The number of allylic oxidation sites excluding steroid dienone is 2. The lowest BCUT2D eigenvalue weighted by Crippen LogP contribution is -2.30. The van der Waals surface area contributed by atoms with Crippen LogP contribution in [0.5, 0.6) is 5.75 Å². The molecule has 1 atom stereocenters. The van der Waals surface area contributed by atoms with Gasteiger partial charge in [0.15, 0.2) is 0 Å². The summed E-state index contributed by atoms with van der Waals surface area (Å²) in [6.07, 6.45) is 5.63. The number of fused-ring (bicyclic) bond motifs is 1. The van der Waals surface area contributed by atoms with Gasteiger partial charge in [0.25, 0.3) is 0 Å². The van der Waals surface area contributed by atoms with Crippen LogP contribution >= 0.6 is 0 Å². The maximum absolute atomic E-state index is 13.4. The lowest BCUT2D eigenvalue weighted by atomic mass is 10.0. The summed E-state index contributed by atoms with van der Waals surface area (Å²) in [5.41, 5.74) is 3.48. The number of hydrogen-bond donors (Lipinski definition) is 1. The molecule has 1 unspecified atom stereocenters. The van der Waals surface area contributed by atoms with E-state index < -0.39 is 0 Å². The molecular formula is C26H29FN4O2. The molecule has 1 aliphatic heterocycles. The van der Waals surface area contributed by atoms with Crippen LogP contribution in [0.1, 0.15) is 33.6 Å². The molecule has 0 aliphatic carbocycles. The van der Waals surface area contributed by atoms with Crippen molar-refractivity contribution in [3.05, 3.63) is 60.3 Å². The summed E-state index contributed by atoms with van der Waals surface area (Å²) < 4.78 is 25.0. The number of hydrogen-bond acceptors (Lipinski definition) is 6. The zero-order valence-electron chi connectivity index (χ0n) is 19.4. The molecule has 3 aromatic rings. The van der Waals surface area contributed by atoms with E-state index in [0.29, 0.717) is 35.5 Å². The third-order valence-electron chi connectivity index (χ3n) is 5.61. The Morgan fingerprint density at radius 2 is 1.85 bits per heavy atom. The fraction of sp³-hybridized carbons (Fsp3) is 0.346. The molecule has 4 rings (SSSR count). The average Bonchev–Trinajstić information content (AvgIpc) is 2.78. The first-order valence-electron chi connectivity index (χ1n) is 11.2. The van der Waals surface area contributed by atoms with Gasteiger partial charge in [-0.3, -0.25) is 0 Å². The minimum absolute atomic E-state index is 0.205. The molecule has 2 heterocycles. The van der Waals surface area contributed by atoms with Crippen LogP contribution in [0.2, 0.25) is 0 Å². The van der Waals surface area contributed by atoms with E-state index >= 15 is 0 Å². The van der Waals surface area contributed by atoms with Crippen LogP contribution in [0.4, 0.5) is 10.2 Å². The predicted octanol–water partition coefficient (Wildman–Crippen LogP) is 5.99. The van der Waals surface area contributed by atoms with E-state index in [1.165, 1.54) is 18.5 Å². The fourth-order valence-electron chi connectivity index (χ4n) is 3.78. The summed E-state index contributed by atoms with van der Waals surface area (Å²) in [7, 11) is 1.61. The molecule has 1 aliphatic rings. The summed E-state index contributed by atoms with van der Waals surface area (Å²) in [6.45, 7) is 6.90. The van der Waals surface area contributed by atoms with Crippen molar-refractivity contribution in [2.24, 2.45) is 10.9 Å². The van der Waals surface area contributed by atoms with Crippen molar-refractivity contribution in [3.8, 4) is 16.9 Å². The highest BCUT2D eigenvalue weighted by molar-refractivity contribution is 5.98. The number of halogens is 1. The standard InChI is InChI=1S/C26H29FN4O2/c1-16(2)22-7-5-6-12-33-26(31-22)17(3)30-25-21-13-19(18-8-10-20(27)11-9-18)14-23(32-4)24(21)28-15-29-25/h7-11,13-17H,5-6,12H2,1-4H3,(H,28,29,30)/b22-7+,31-26-. The second kappa shape index (κ2) is 9.98. The zero-order valence-corrected chi connectivity index (χ0v) is 19.4. The van der Waals surface area contributed by atoms with Gasteiger partial charge in [-0.15, -0.1) is 0 Å². The van der Waals surface area contributed by atoms with E-state index in [1.807, 2.05) is 19.1 Å². The Hall–Kier alpha value is -3.48. The van der Waals surface area contributed by atoms with E-state index in [9.17, 15) is 4.39 Å². The number of methoxy groups -OCH3 is 1. The Balaban J connectivity index is 1.73. The number of anilines is 1. The Morgan fingerprint density at radius 3 is 2.58 bits per heavy atom. The van der Waals surface area contributed by atoms with Crippen molar-refractivity contribution in [1.82, 2.24) is 9.97 Å². The number of nitrogens with one attached hydrogen (secondary N) is 1. The highest BCUT2D eigenvalue weighted by atomic mass is 19.1. The van der Waals surface area contributed by atoms with Gasteiger partial charge in [-0.05, 0) is 61.1 Å². The molecule has 1 N–H and O–H groups in total. The lowest BCUT2D eigenvalue weighted by molar-refractivity contribution is 0.285. The van der Waals surface area contributed by atoms with Crippen LogP contribution in [0.25, 0.3) is 22.0 Å². The van der Waals surface area contributed by atoms with Gasteiger partial charge in [-0.25, -0.2) is 19.4 Å². The molecule has 172 valence electrons. The summed E-state index contributed by atoms with van der Waals surface area (Å²) >= 11 is 0. The Kier molecular flexibility index (Phi) is 6.87.